The Bertz CT molecular complexity index is 1180. The summed E-state index contributed by atoms with van der Waals surface area (Å²) in [5.41, 5.74) is 1.41. The summed E-state index contributed by atoms with van der Waals surface area (Å²) >= 11 is 1.37. The number of aromatic nitrogens is 2. The van der Waals surface area contributed by atoms with Crippen molar-refractivity contribution in [1.82, 2.24) is 9.66 Å². The maximum Gasteiger partial charge on any atom is 0.283 e. The molecule has 128 valence electrons. The van der Waals surface area contributed by atoms with Crippen LogP contribution in [0.1, 0.15) is 5.56 Å². The van der Waals surface area contributed by atoms with E-state index in [4.69, 9.17) is 0 Å². The molecule has 0 aliphatic heterocycles. The average Bonchev–Trinajstić information content (AvgIpc) is 3.08. The molecule has 4 rings (SSSR count). The topological polar surface area (TPSA) is 47.2 Å². The van der Waals surface area contributed by atoms with Gasteiger partial charge in [-0.3, -0.25) is 4.79 Å². The summed E-state index contributed by atoms with van der Waals surface area (Å²) in [6.07, 6.45) is 2.45. The highest BCUT2D eigenvalue weighted by Gasteiger charge is 2.13. The van der Waals surface area contributed by atoms with Crippen LogP contribution in [0.2, 0.25) is 0 Å². The molecule has 7 heteroatoms. The van der Waals surface area contributed by atoms with Crippen LogP contribution in [0.15, 0.2) is 70.1 Å². The third-order valence-electron chi connectivity index (χ3n) is 3.85. The first kappa shape index (κ1) is 16.3. The van der Waals surface area contributed by atoms with Gasteiger partial charge in [0.1, 0.15) is 22.8 Å². The molecule has 0 aliphatic rings. The lowest BCUT2D eigenvalue weighted by molar-refractivity contribution is 0.582. The molecule has 0 N–H and O–H groups in total. The van der Waals surface area contributed by atoms with Crippen molar-refractivity contribution in [2.75, 3.05) is 0 Å². The lowest BCUT2D eigenvalue weighted by Crippen LogP contribution is -2.16. The highest BCUT2D eigenvalue weighted by atomic mass is 32.1. The second-order valence-corrected chi connectivity index (χ2v) is 6.36. The minimum Gasteiger partial charge on any atom is -0.267 e. The van der Waals surface area contributed by atoms with Gasteiger partial charge in [0.05, 0.1) is 11.6 Å². The molecule has 0 saturated heterocycles. The van der Waals surface area contributed by atoms with Crippen LogP contribution in [0.25, 0.3) is 21.3 Å². The van der Waals surface area contributed by atoms with Crippen LogP contribution < -0.4 is 5.56 Å². The first-order valence-corrected chi connectivity index (χ1v) is 8.55. The Morgan fingerprint density at radius 2 is 1.92 bits per heavy atom. The zero-order valence-corrected chi connectivity index (χ0v) is 14.1. The highest BCUT2D eigenvalue weighted by Crippen LogP contribution is 2.30. The molecule has 4 nitrogen and oxygen atoms in total. The second-order valence-electron chi connectivity index (χ2n) is 5.50. The Balaban J connectivity index is 1.81. The van der Waals surface area contributed by atoms with Crippen molar-refractivity contribution in [1.29, 1.82) is 0 Å². The molecule has 0 unspecified atom stereocenters. The fourth-order valence-electron chi connectivity index (χ4n) is 2.57. The van der Waals surface area contributed by atoms with E-state index in [1.165, 1.54) is 23.7 Å². The summed E-state index contributed by atoms with van der Waals surface area (Å²) in [5.74, 6) is -1.43. The first-order valence-electron chi connectivity index (χ1n) is 7.67. The minimum atomic E-state index is -0.753. The zero-order valence-electron chi connectivity index (χ0n) is 13.3. The van der Waals surface area contributed by atoms with Crippen molar-refractivity contribution in [3.8, 4) is 11.1 Å². The fraction of sp³-hybridized carbons (Fsp3) is 0. The molecule has 2 aromatic heterocycles. The molecule has 0 aliphatic carbocycles. The van der Waals surface area contributed by atoms with E-state index >= 15 is 0 Å². The minimum absolute atomic E-state index is 0.0759. The van der Waals surface area contributed by atoms with Crippen LogP contribution in [-0.2, 0) is 0 Å². The van der Waals surface area contributed by atoms with Crippen molar-refractivity contribution in [3.63, 3.8) is 0 Å². The SMILES string of the molecule is O=c1c2c(-c3ccccc3)csc2ncn1/N=C\c1ccc(F)cc1F. The summed E-state index contributed by atoms with van der Waals surface area (Å²) in [6, 6.07) is 12.7. The molecule has 26 heavy (non-hydrogen) atoms. The summed E-state index contributed by atoms with van der Waals surface area (Å²) in [5, 5.41) is 6.33. The maximum absolute atomic E-state index is 13.7. The lowest BCUT2D eigenvalue weighted by Gasteiger charge is -2.01. The smallest absolute Gasteiger partial charge is 0.267 e. The zero-order chi connectivity index (χ0) is 18.1. The van der Waals surface area contributed by atoms with Gasteiger partial charge in [-0.25, -0.2) is 13.8 Å². The van der Waals surface area contributed by atoms with E-state index in [1.54, 1.807) is 0 Å². The molecular formula is C19H11F2N3OS. The van der Waals surface area contributed by atoms with Gasteiger partial charge >= 0.3 is 0 Å². The van der Waals surface area contributed by atoms with Gasteiger partial charge in [-0.05, 0) is 17.7 Å². The Morgan fingerprint density at radius 3 is 2.69 bits per heavy atom. The molecule has 2 heterocycles. The lowest BCUT2D eigenvalue weighted by atomic mass is 10.1. The molecule has 0 spiro atoms. The van der Waals surface area contributed by atoms with Gasteiger partial charge in [0, 0.05) is 22.6 Å². The largest absolute Gasteiger partial charge is 0.283 e. The Morgan fingerprint density at radius 1 is 1.12 bits per heavy atom. The standard InChI is InChI=1S/C19H11F2N3OS/c20-14-7-6-13(16(21)8-14)9-23-24-11-22-18-17(19(24)25)15(10-26-18)12-4-2-1-3-5-12/h1-11H/b23-9-. The van der Waals surface area contributed by atoms with E-state index in [0.29, 0.717) is 10.2 Å². The van der Waals surface area contributed by atoms with E-state index in [1.807, 2.05) is 35.7 Å². The van der Waals surface area contributed by atoms with Gasteiger partial charge in [-0.1, -0.05) is 30.3 Å². The number of hydrogen-bond acceptors (Lipinski definition) is 4. The second kappa shape index (κ2) is 6.61. The normalized spacial score (nSPS) is 11.5. The van der Waals surface area contributed by atoms with Gasteiger partial charge in [0.25, 0.3) is 5.56 Å². The monoisotopic (exact) mass is 367 g/mol. The first-order chi connectivity index (χ1) is 12.6. The Hall–Kier alpha value is -3.19. The summed E-state index contributed by atoms with van der Waals surface area (Å²) in [4.78, 5) is 17.7. The quantitative estimate of drug-likeness (QED) is 0.507. The fourth-order valence-corrected chi connectivity index (χ4v) is 3.47. The van der Waals surface area contributed by atoms with Crippen molar-refractivity contribution in [3.05, 3.63) is 87.8 Å². The summed E-state index contributed by atoms with van der Waals surface area (Å²) in [6.45, 7) is 0. The van der Waals surface area contributed by atoms with Crippen LogP contribution in [0, 0.1) is 11.6 Å². The number of nitrogens with zero attached hydrogens (tertiary/aromatic N) is 3. The average molecular weight is 367 g/mol. The van der Waals surface area contributed by atoms with E-state index in [0.717, 1.165) is 34.2 Å². The third-order valence-corrected chi connectivity index (χ3v) is 4.73. The highest BCUT2D eigenvalue weighted by molar-refractivity contribution is 7.17. The number of benzene rings is 2. The molecule has 4 aromatic rings. The van der Waals surface area contributed by atoms with E-state index in [9.17, 15) is 13.6 Å². The van der Waals surface area contributed by atoms with Gasteiger partial charge < -0.3 is 0 Å². The van der Waals surface area contributed by atoms with Gasteiger partial charge in [0.2, 0.25) is 0 Å². The van der Waals surface area contributed by atoms with Gasteiger partial charge in [-0.2, -0.15) is 9.78 Å². The van der Waals surface area contributed by atoms with Crippen LogP contribution in [0.4, 0.5) is 8.78 Å². The van der Waals surface area contributed by atoms with Crippen LogP contribution in [-0.4, -0.2) is 15.9 Å². The Labute approximate surface area is 150 Å². The van der Waals surface area contributed by atoms with Crippen molar-refractivity contribution >= 4 is 27.8 Å². The van der Waals surface area contributed by atoms with Crippen LogP contribution in [0.5, 0.6) is 0 Å². The predicted molar refractivity (Wildman–Crippen MR) is 98.7 cm³/mol. The number of rotatable bonds is 3. The third kappa shape index (κ3) is 2.93. The van der Waals surface area contributed by atoms with Crippen molar-refractivity contribution < 1.29 is 8.78 Å². The van der Waals surface area contributed by atoms with Crippen LogP contribution in [0.3, 0.4) is 0 Å². The molecule has 0 saturated carbocycles. The Kier molecular flexibility index (Phi) is 4.14. The van der Waals surface area contributed by atoms with E-state index < -0.39 is 11.6 Å². The van der Waals surface area contributed by atoms with Crippen molar-refractivity contribution in [2.24, 2.45) is 5.10 Å². The molecule has 2 aromatic carbocycles. The maximum atomic E-state index is 13.7. The van der Waals surface area contributed by atoms with Crippen molar-refractivity contribution in [2.45, 2.75) is 0 Å². The molecule has 0 bridgehead atoms. The summed E-state index contributed by atoms with van der Waals surface area (Å²) in [7, 11) is 0. The number of hydrogen-bond donors (Lipinski definition) is 0. The number of thiophene rings is 1. The molecular weight excluding hydrogens is 356 g/mol. The molecule has 0 fully saturated rings. The number of halogens is 2. The van der Waals surface area contributed by atoms with E-state index in [-0.39, 0.29) is 11.1 Å². The summed E-state index contributed by atoms with van der Waals surface area (Å²) < 4.78 is 27.7. The molecule has 0 amide bonds. The molecule has 0 radical (unpaired) electrons. The van der Waals surface area contributed by atoms with E-state index in [2.05, 4.69) is 10.1 Å². The van der Waals surface area contributed by atoms with Gasteiger partial charge in [0.15, 0.2) is 0 Å². The van der Waals surface area contributed by atoms with Crippen LogP contribution >= 0.6 is 11.3 Å². The number of fused-ring (bicyclic) bond motifs is 1. The predicted octanol–water partition coefficient (Wildman–Crippen LogP) is 4.29. The molecule has 0 atom stereocenters. The van der Waals surface area contributed by atoms with Gasteiger partial charge in [-0.15, -0.1) is 11.3 Å².